The van der Waals surface area contributed by atoms with Crippen molar-refractivity contribution in [3.05, 3.63) is 47.9 Å². The number of nitrogens with zero attached hydrogens (tertiary/aromatic N) is 3. The van der Waals surface area contributed by atoms with Gasteiger partial charge < -0.3 is 9.42 Å². The molecule has 5 nitrogen and oxygen atoms in total. The van der Waals surface area contributed by atoms with Gasteiger partial charge in [-0.3, -0.25) is 9.69 Å². The van der Waals surface area contributed by atoms with Crippen LogP contribution >= 0.6 is 11.8 Å². The number of hydrogen-bond donors (Lipinski definition) is 0. The Balaban J connectivity index is 1.42. The van der Waals surface area contributed by atoms with Gasteiger partial charge in [0, 0.05) is 37.1 Å². The van der Waals surface area contributed by atoms with E-state index in [1.54, 1.807) is 11.8 Å². The van der Waals surface area contributed by atoms with Crippen LogP contribution in [0.2, 0.25) is 0 Å². The molecule has 0 bridgehead atoms. The zero-order valence-corrected chi connectivity index (χ0v) is 14.1. The number of thioether (sulfide) groups is 1. The normalized spacial score (nSPS) is 15.8. The quantitative estimate of drug-likeness (QED) is 0.788. The molecular formula is C17H21N3O2S. The summed E-state index contributed by atoms with van der Waals surface area (Å²) in [6, 6.07) is 12.0. The van der Waals surface area contributed by atoms with Crippen molar-refractivity contribution >= 4 is 17.7 Å². The summed E-state index contributed by atoms with van der Waals surface area (Å²) >= 11 is 1.60. The van der Waals surface area contributed by atoms with Crippen molar-refractivity contribution in [3.63, 3.8) is 0 Å². The van der Waals surface area contributed by atoms with Crippen molar-refractivity contribution in [3.8, 4) is 0 Å². The summed E-state index contributed by atoms with van der Waals surface area (Å²) in [6.07, 6.45) is 0. The smallest absolute Gasteiger partial charge is 0.233 e. The molecule has 23 heavy (non-hydrogen) atoms. The van der Waals surface area contributed by atoms with Crippen LogP contribution < -0.4 is 0 Å². The van der Waals surface area contributed by atoms with E-state index in [1.807, 2.05) is 48.2 Å². The number of hydrogen-bond acceptors (Lipinski definition) is 5. The predicted octanol–water partition coefficient (Wildman–Crippen LogP) is 2.42. The maximum atomic E-state index is 12.3. The SMILES string of the molecule is Cc1cc(CN2CCN(C(=O)CSc3ccccc3)CC2)on1. The molecule has 0 atom stereocenters. The zero-order valence-electron chi connectivity index (χ0n) is 13.3. The largest absolute Gasteiger partial charge is 0.360 e. The molecule has 2 aromatic rings. The maximum absolute atomic E-state index is 12.3. The van der Waals surface area contributed by atoms with E-state index in [9.17, 15) is 4.79 Å². The van der Waals surface area contributed by atoms with Gasteiger partial charge in [-0.15, -0.1) is 11.8 Å². The van der Waals surface area contributed by atoms with Gasteiger partial charge in [0.15, 0.2) is 5.76 Å². The van der Waals surface area contributed by atoms with Crippen LogP contribution in [-0.4, -0.2) is 52.8 Å². The first-order valence-corrected chi connectivity index (χ1v) is 8.79. The molecule has 1 saturated heterocycles. The Morgan fingerprint density at radius 2 is 1.96 bits per heavy atom. The highest BCUT2D eigenvalue weighted by Crippen LogP contribution is 2.18. The van der Waals surface area contributed by atoms with Gasteiger partial charge in [0.05, 0.1) is 18.0 Å². The first-order chi connectivity index (χ1) is 11.2. The number of aromatic nitrogens is 1. The molecule has 0 radical (unpaired) electrons. The van der Waals surface area contributed by atoms with Crippen LogP contribution in [-0.2, 0) is 11.3 Å². The molecule has 2 heterocycles. The average molecular weight is 331 g/mol. The molecule has 1 aliphatic heterocycles. The zero-order chi connectivity index (χ0) is 16.1. The van der Waals surface area contributed by atoms with Crippen molar-refractivity contribution < 1.29 is 9.32 Å². The molecule has 1 amide bonds. The second-order valence-electron chi connectivity index (χ2n) is 5.69. The summed E-state index contributed by atoms with van der Waals surface area (Å²) in [6.45, 7) is 6.00. The lowest BCUT2D eigenvalue weighted by atomic mass is 10.3. The number of benzene rings is 1. The Labute approximate surface area is 140 Å². The molecule has 0 N–H and O–H groups in total. The van der Waals surface area contributed by atoms with Gasteiger partial charge in [-0.05, 0) is 19.1 Å². The fourth-order valence-electron chi connectivity index (χ4n) is 2.62. The fraction of sp³-hybridized carbons (Fsp3) is 0.412. The van der Waals surface area contributed by atoms with Crippen LogP contribution in [0.25, 0.3) is 0 Å². The van der Waals surface area contributed by atoms with Gasteiger partial charge >= 0.3 is 0 Å². The molecule has 1 aliphatic rings. The lowest BCUT2D eigenvalue weighted by Crippen LogP contribution is -2.48. The van der Waals surface area contributed by atoms with Gasteiger partial charge in [-0.1, -0.05) is 23.4 Å². The number of amides is 1. The predicted molar refractivity (Wildman–Crippen MR) is 90.3 cm³/mol. The van der Waals surface area contributed by atoms with Crippen LogP contribution in [0.5, 0.6) is 0 Å². The van der Waals surface area contributed by atoms with Crippen LogP contribution in [0, 0.1) is 6.92 Å². The second-order valence-corrected chi connectivity index (χ2v) is 6.74. The van der Waals surface area contributed by atoms with E-state index >= 15 is 0 Å². The molecule has 0 saturated carbocycles. The van der Waals surface area contributed by atoms with Gasteiger partial charge in [-0.2, -0.15) is 0 Å². The van der Waals surface area contributed by atoms with Crippen molar-refractivity contribution in [1.29, 1.82) is 0 Å². The highest BCUT2D eigenvalue weighted by atomic mass is 32.2. The Morgan fingerprint density at radius 1 is 1.22 bits per heavy atom. The lowest BCUT2D eigenvalue weighted by molar-refractivity contribution is -0.130. The number of rotatable bonds is 5. The standard InChI is InChI=1S/C17H21N3O2S/c1-14-11-15(22-18-14)12-19-7-9-20(10-8-19)17(21)13-23-16-5-3-2-4-6-16/h2-6,11H,7-10,12-13H2,1H3. The van der Waals surface area contributed by atoms with E-state index in [-0.39, 0.29) is 5.91 Å². The monoisotopic (exact) mass is 331 g/mol. The van der Waals surface area contributed by atoms with Gasteiger partial charge in [0.25, 0.3) is 0 Å². The van der Waals surface area contributed by atoms with E-state index in [4.69, 9.17) is 4.52 Å². The third kappa shape index (κ3) is 4.59. The van der Waals surface area contributed by atoms with Crippen molar-refractivity contribution in [2.75, 3.05) is 31.9 Å². The van der Waals surface area contributed by atoms with Gasteiger partial charge in [0.2, 0.25) is 5.91 Å². The number of carbonyl (C=O) groups is 1. The Bertz CT molecular complexity index is 636. The van der Waals surface area contributed by atoms with E-state index in [1.165, 1.54) is 0 Å². The molecule has 3 rings (SSSR count). The van der Waals surface area contributed by atoms with Crippen molar-refractivity contribution in [2.45, 2.75) is 18.4 Å². The summed E-state index contributed by atoms with van der Waals surface area (Å²) in [7, 11) is 0. The number of carbonyl (C=O) groups excluding carboxylic acids is 1. The van der Waals surface area contributed by atoms with Gasteiger partial charge in [-0.25, -0.2) is 0 Å². The van der Waals surface area contributed by atoms with Crippen LogP contribution in [0.1, 0.15) is 11.5 Å². The Hall–Kier alpha value is -1.79. The van der Waals surface area contributed by atoms with E-state index in [0.717, 1.165) is 49.1 Å². The molecular weight excluding hydrogens is 310 g/mol. The minimum Gasteiger partial charge on any atom is -0.360 e. The van der Waals surface area contributed by atoms with E-state index < -0.39 is 0 Å². The van der Waals surface area contributed by atoms with E-state index in [0.29, 0.717) is 5.75 Å². The van der Waals surface area contributed by atoms with E-state index in [2.05, 4.69) is 10.1 Å². The van der Waals surface area contributed by atoms with Gasteiger partial charge in [0.1, 0.15) is 0 Å². The minimum absolute atomic E-state index is 0.217. The molecule has 0 aliphatic carbocycles. The van der Waals surface area contributed by atoms with Crippen molar-refractivity contribution in [1.82, 2.24) is 15.0 Å². The molecule has 0 unspecified atom stereocenters. The highest BCUT2D eigenvalue weighted by molar-refractivity contribution is 8.00. The molecule has 122 valence electrons. The molecule has 1 aromatic carbocycles. The summed E-state index contributed by atoms with van der Waals surface area (Å²) < 4.78 is 5.25. The first kappa shape index (κ1) is 16.1. The summed E-state index contributed by atoms with van der Waals surface area (Å²) in [4.78, 5) is 17.7. The maximum Gasteiger partial charge on any atom is 0.233 e. The van der Waals surface area contributed by atoms with Crippen LogP contribution in [0.15, 0.2) is 45.8 Å². The first-order valence-electron chi connectivity index (χ1n) is 7.81. The molecule has 0 spiro atoms. The van der Waals surface area contributed by atoms with Crippen molar-refractivity contribution in [2.24, 2.45) is 0 Å². The fourth-order valence-corrected chi connectivity index (χ4v) is 3.44. The molecule has 1 fully saturated rings. The third-order valence-electron chi connectivity index (χ3n) is 3.89. The Kier molecular flexibility index (Phi) is 5.35. The van der Waals surface area contributed by atoms with Crippen LogP contribution in [0.4, 0.5) is 0 Å². The minimum atomic E-state index is 0.217. The average Bonchev–Trinajstić information content (AvgIpc) is 2.99. The summed E-state index contributed by atoms with van der Waals surface area (Å²) in [5.41, 5.74) is 0.909. The third-order valence-corrected chi connectivity index (χ3v) is 4.88. The summed E-state index contributed by atoms with van der Waals surface area (Å²) in [5.74, 6) is 1.61. The second kappa shape index (κ2) is 7.66. The molecule has 6 heteroatoms. The summed E-state index contributed by atoms with van der Waals surface area (Å²) in [5, 5.41) is 3.91. The van der Waals surface area contributed by atoms with Crippen LogP contribution in [0.3, 0.4) is 0 Å². The molecule has 1 aromatic heterocycles. The number of piperazine rings is 1. The highest BCUT2D eigenvalue weighted by Gasteiger charge is 2.21. The Morgan fingerprint density at radius 3 is 2.61 bits per heavy atom. The number of aryl methyl sites for hydroxylation is 1. The topological polar surface area (TPSA) is 49.6 Å². The lowest BCUT2D eigenvalue weighted by Gasteiger charge is -2.34.